The fraction of sp³-hybridized carbons (Fsp3) is 0.190. The molecule has 31 heavy (non-hydrogen) atoms. The summed E-state index contributed by atoms with van der Waals surface area (Å²) < 4.78 is 42.4. The number of fused-ring (bicyclic) bond motifs is 3. The predicted molar refractivity (Wildman–Crippen MR) is 111 cm³/mol. The van der Waals surface area contributed by atoms with Crippen LogP contribution >= 0.6 is 11.6 Å². The molecule has 1 amide bonds. The molecule has 160 valence electrons. The molecule has 0 aliphatic carbocycles. The summed E-state index contributed by atoms with van der Waals surface area (Å²) in [7, 11) is 0. The summed E-state index contributed by atoms with van der Waals surface area (Å²) in [6.45, 7) is 3.31. The summed E-state index contributed by atoms with van der Waals surface area (Å²) in [5.74, 6) is -0.582. The van der Waals surface area contributed by atoms with Crippen molar-refractivity contribution in [3.05, 3.63) is 75.2 Å². The lowest BCUT2D eigenvalue weighted by atomic mass is 10.2. The molecular formula is C21H16ClF3N4O2. The van der Waals surface area contributed by atoms with Gasteiger partial charge in [-0.25, -0.2) is 4.52 Å². The Balaban J connectivity index is 1.81. The maximum Gasteiger partial charge on any atom is 0.416 e. The second-order valence-corrected chi connectivity index (χ2v) is 7.50. The molecule has 10 heteroatoms. The van der Waals surface area contributed by atoms with Gasteiger partial charge in [0.15, 0.2) is 5.65 Å². The zero-order chi connectivity index (χ0) is 22.5. The second kappa shape index (κ2) is 7.42. The lowest BCUT2D eigenvalue weighted by molar-refractivity contribution is -0.137. The van der Waals surface area contributed by atoms with Gasteiger partial charge in [-0.3, -0.25) is 14.3 Å². The Labute approximate surface area is 178 Å². The van der Waals surface area contributed by atoms with Gasteiger partial charge < -0.3 is 5.32 Å². The van der Waals surface area contributed by atoms with E-state index in [4.69, 9.17) is 11.6 Å². The molecule has 2 heterocycles. The third-order valence-corrected chi connectivity index (χ3v) is 5.32. The van der Waals surface area contributed by atoms with Crippen LogP contribution in [0.4, 0.5) is 18.9 Å². The van der Waals surface area contributed by atoms with Gasteiger partial charge in [0.05, 0.1) is 21.8 Å². The van der Waals surface area contributed by atoms with Crippen molar-refractivity contribution in [2.45, 2.75) is 26.1 Å². The number of aryl methyl sites for hydroxylation is 1. The smallest absolute Gasteiger partial charge is 0.323 e. The molecule has 0 spiro atoms. The van der Waals surface area contributed by atoms with Crippen molar-refractivity contribution >= 4 is 39.7 Å². The topological polar surface area (TPSA) is 68.4 Å². The summed E-state index contributed by atoms with van der Waals surface area (Å²) in [6, 6.07) is 10.3. The van der Waals surface area contributed by atoms with Crippen molar-refractivity contribution < 1.29 is 18.0 Å². The number of nitrogens with one attached hydrogen (secondary N) is 1. The van der Waals surface area contributed by atoms with Crippen molar-refractivity contribution in [3.8, 4) is 0 Å². The summed E-state index contributed by atoms with van der Waals surface area (Å²) >= 11 is 6.01. The molecule has 4 rings (SSSR count). The SMILES string of the molecule is Cc1cc(=O)nc2c3ccccc3n([C@H](C)C(=O)Nc3cc(C(F)(F)F)ccc3Cl)n12. The first-order valence-electron chi connectivity index (χ1n) is 9.25. The Morgan fingerprint density at radius 2 is 1.87 bits per heavy atom. The van der Waals surface area contributed by atoms with Crippen LogP contribution in [-0.4, -0.2) is 20.1 Å². The summed E-state index contributed by atoms with van der Waals surface area (Å²) in [4.78, 5) is 29.0. The number of anilines is 1. The Morgan fingerprint density at radius 1 is 1.16 bits per heavy atom. The van der Waals surface area contributed by atoms with Crippen LogP contribution in [-0.2, 0) is 11.0 Å². The molecule has 1 atom stereocenters. The number of hydrogen-bond acceptors (Lipinski definition) is 3. The minimum Gasteiger partial charge on any atom is -0.323 e. The number of rotatable bonds is 3. The number of nitrogens with zero attached hydrogens (tertiary/aromatic N) is 3. The highest BCUT2D eigenvalue weighted by molar-refractivity contribution is 6.33. The molecule has 1 N–H and O–H groups in total. The molecule has 0 bridgehead atoms. The molecule has 2 aromatic heterocycles. The van der Waals surface area contributed by atoms with Crippen LogP contribution in [0.15, 0.2) is 53.3 Å². The molecular weight excluding hydrogens is 433 g/mol. The number of carbonyl (C=O) groups is 1. The third-order valence-electron chi connectivity index (χ3n) is 4.99. The maximum absolute atomic E-state index is 13.0. The molecule has 0 unspecified atom stereocenters. The molecule has 4 aromatic rings. The van der Waals surface area contributed by atoms with Gasteiger partial charge in [-0.2, -0.15) is 18.2 Å². The zero-order valence-electron chi connectivity index (χ0n) is 16.4. The van der Waals surface area contributed by atoms with Gasteiger partial charge in [0.1, 0.15) is 6.04 Å². The van der Waals surface area contributed by atoms with Crippen molar-refractivity contribution in [3.63, 3.8) is 0 Å². The average Bonchev–Trinajstić information content (AvgIpc) is 3.03. The molecule has 2 aromatic carbocycles. The maximum atomic E-state index is 13.0. The number of benzene rings is 2. The number of alkyl halides is 3. The molecule has 0 aliphatic rings. The summed E-state index contributed by atoms with van der Waals surface area (Å²) in [5, 5.41) is 3.13. The zero-order valence-corrected chi connectivity index (χ0v) is 17.1. The number of halogens is 4. The molecule has 0 saturated carbocycles. The highest BCUT2D eigenvalue weighted by atomic mass is 35.5. The fourth-order valence-electron chi connectivity index (χ4n) is 3.53. The summed E-state index contributed by atoms with van der Waals surface area (Å²) in [6.07, 6.45) is -4.57. The number of aromatic nitrogens is 3. The van der Waals surface area contributed by atoms with Crippen LogP contribution in [0.3, 0.4) is 0 Å². The molecule has 0 fully saturated rings. The van der Waals surface area contributed by atoms with Crippen LogP contribution in [0.2, 0.25) is 5.02 Å². The van der Waals surface area contributed by atoms with E-state index in [9.17, 15) is 22.8 Å². The highest BCUT2D eigenvalue weighted by Crippen LogP contribution is 2.34. The third kappa shape index (κ3) is 3.65. The lowest BCUT2D eigenvalue weighted by Crippen LogP contribution is -2.27. The lowest BCUT2D eigenvalue weighted by Gasteiger charge is -2.19. The highest BCUT2D eigenvalue weighted by Gasteiger charge is 2.31. The first kappa shape index (κ1) is 20.9. The van der Waals surface area contributed by atoms with E-state index in [0.717, 1.165) is 18.2 Å². The Bertz CT molecular complexity index is 1390. The minimum atomic E-state index is -4.57. The van der Waals surface area contributed by atoms with Gasteiger partial charge in [-0.15, -0.1) is 0 Å². The number of para-hydroxylation sites is 1. The largest absolute Gasteiger partial charge is 0.416 e. The van der Waals surface area contributed by atoms with E-state index in [1.807, 2.05) is 0 Å². The van der Waals surface area contributed by atoms with Gasteiger partial charge >= 0.3 is 6.18 Å². The van der Waals surface area contributed by atoms with E-state index in [2.05, 4.69) is 10.3 Å². The number of carbonyl (C=O) groups excluding carboxylic acids is 1. The van der Waals surface area contributed by atoms with E-state index in [1.165, 1.54) is 6.07 Å². The monoisotopic (exact) mass is 448 g/mol. The van der Waals surface area contributed by atoms with E-state index in [-0.39, 0.29) is 10.7 Å². The van der Waals surface area contributed by atoms with Crippen LogP contribution < -0.4 is 10.9 Å². The Morgan fingerprint density at radius 3 is 2.58 bits per heavy atom. The van der Waals surface area contributed by atoms with Gasteiger partial charge in [-0.05, 0) is 44.2 Å². The number of hydrogen-bond donors (Lipinski definition) is 1. The van der Waals surface area contributed by atoms with Crippen molar-refractivity contribution in [1.29, 1.82) is 0 Å². The standard InChI is InChI=1S/C21H16ClF3N4O2/c1-11-9-18(30)27-19-14-5-3-4-6-17(14)29(28(11)19)12(2)20(31)26-16-10-13(21(23,24)25)7-8-15(16)22/h3-10,12H,1-2H3,(H,26,31)/t12-/m1/s1. The van der Waals surface area contributed by atoms with Crippen LogP contribution in [0, 0.1) is 6.92 Å². The van der Waals surface area contributed by atoms with Gasteiger partial charge in [0.2, 0.25) is 5.91 Å². The Hall–Kier alpha value is -3.33. The normalized spacial score (nSPS) is 13.0. The van der Waals surface area contributed by atoms with Crippen molar-refractivity contribution in [2.24, 2.45) is 0 Å². The predicted octanol–water partition coefficient (Wildman–Crippen LogP) is 4.83. The fourth-order valence-corrected chi connectivity index (χ4v) is 3.70. The first-order chi connectivity index (χ1) is 14.6. The van der Waals surface area contributed by atoms with Gasteiger partial charge in [0.25, 0.3) is 5.56 Å². The van der Waals surface area contributed by atoms with Gasteiger partial charge in [0, 0.05) is 17.1 Å². The molecule has 0 radical (unpaired) electrons. The van der Waals surface area contributed by atoms with E-state index in [0.29, 0.717) is 22.2 Å². The van der Waals surface area contributed by atoms with E-state index < -0.39 is 29.2 Å². The molecule has 6 nitrogen and oxygen atoms in total. The van der Waals surface area contributed by atoms with Crippen LogP contribution in [0.25, 0.3) is 16.6 Å². The minimum absolute atomic E-state index is 0.0164. The number of amides is 1. The Kier molecular flexibility index (Phi) is 5.01. The van der Waals surface area contributed by atoms with E-state index >= 15 is 0 Å². The second-order valence-electron chi connectivity index (χ2n) is 7.09. The summed E-state index contributed by atoms with van der Waals surface area (Å²) in [5.41, 5.74) is 0.111. The molecule has 0 saturated heterocycles. The van der Waals surface area contributed by atoms with Crippen LogP contribution in [0.1, 0.15) is 24.2 Å². The van der Waals surface area contributed by atoms with Crippen molar-refractivity contribution in [1.82, 2.24) is 14.2 Å². The van der Waals surface area contributed by atoms with Crippen LogP contribution in [0.5, 0.6) is 0 Å². The quantitative estimate of drug-likeness (QED) is 0.488. The first-order valence-corrected chi connectivity index (χ1v) is 9.63. The molecule has 0 aliphatic heterocycles. The van der Waals surface area contributed by atoms with E-state index in [1.54, 1.807) is 47.3 Å². The van der Waals surface area contributed by atoms with Crippen molar-refractivity contribution in [2.75, 3.05) is 5.32 Å². The average molecular weight is 449 g/mol. The van der Waals surface area contributed by atoms with Gasteiger partial charge in [-0.1, -0.05) is 23.7 Å².